The standard InChI is InChI=1S/C22H28ClF3N2O2/c1-14-3-2-7-27(11-14)17-4-5-20(30-13-17)21(29)28-8-6-18-15(12-28)9-16(10-19(18)23)22(24,25)26/h9-10,14,17,20H,2-8,11-13H2,1H3. The van der Waals surface area contributed by atoms with Gasteiger partial charge >= 0.3 is 6.18 Å². The van der Waals surface area contributed by atoms with Gasteiger partial charge in [-0.1, -0.05) is 18.5 Å². The van der Waals surface area contributed by atoms with Gasteiger partial charge in [-0.25, -0.2) is 0 Å². The van der Waals surface area contributed by atoms with Crippen LogP contribution in [0.25, 0.3) is 0 Å². The van der Waals surface area contributed by atoms with E-state index in [0.29, 0.717) is 49.1 Å². The van der Waals surface area contributed by atoms with Gasteiger partial charge in [0.15, 0.2) is 0 Å². The van der Waals surface area contributed by atoms with E-state index in [0.717, 1.165) is 31.6 Å². The lowest BCUT2D eigenvalue weighted by atomic mass is 9.94. The van der Waals surface area contributed by atoms with Crippen LogP contribution >= 0.6 is 11.6 Å². The Hall–Kier alpha value is -1.31. The van der Waals surface area contributed by atoms with E-state index in [1.165, 1.54) is 12.8 Å². The quantitative estimate of drug-likeness (QED) is 0.672. The number of ether oxygens (including phenoxy) is 1. The molecule has 0 spiro atoms. The summed E-state index contributed by atoms with van der Waals surface area (Å²) in [4.78, 5) is 17.1. The Kier molecular flexibility index (Phi) is 6.33. The van der Waals surface area contributed by atoms with Gasteiger partial charge in [-0.2, -0.15) is 13.2 Å². The fraction of sp³-hybridized carbons (Fsp3) is 0.682. The SMILES string of the molecule is CC1CCCN(C2CCC(C(=O)N3CCc4c(Cl)cc(C(F)(F)F)cc4C3)OC2)C1. The number of carbonyl (C=O) groups is 1. The van der Waals surface area contributed by atoms with Gasteiger partial charge in [0.2, 0.25) is 0 Å². The molecule has 0 radical (unpaired) electrons. The first-order valence-electron chi connectivity index (χ1n) is 10.8. The molecule has 0 bridgehead atoms. The summed E-state index contributed by atoms with van der Waals surface area (Å²) in [6.45, 7) is 5.57. The summed E-state index contributed by atoms with van der Waals surface area (Å²) < 4.78 is 45.4. The molecule has 166 valence electrons. The van der Waals surface area contributed by atoms with Crippen molar-refractivity contribution >= 4 is 17.5 Å². The fourth-order valence-electron chi connectivity index (χ4n) is 4.98. The average molecular weight is 445 g/mol. The molecule has 3 atom stereocenters. The third-order valence-corrected chi connectivity index (χ3v) is 6.99. The number of hydrogen-bond acceptors (Lipinski definition) is 3. The molecule has 8 heteroatoms. The molecular weight excluding hydrogens is 417 g/mol. The summed E-state index contributed by atoms with van der Waals surface area (Å²) >= 11 is 6.10. The summed E-state index contributed by atoms with van der Waals surface area (Å²) in [5.74, 6) is 0.569. The Labute approximate surface area is 180 Å². The van der Waals surface area contributed by atoms with Crippen molar-refractivity contribution in [3.63, 3.8) is 0 Å². The van der Waals surface area contributed by atoms with Gasteiger partial charge in [0.05, 0.1) is 12.2 Å². The van der Waals surface area contributed by atoms with Crippen molar-refractivity contribution in [3.8, 4) is 0 Å². The van der Waals surface area contributed by atoms with Gasteiger partial charge in [0.25, 0.3) is 5.91 Å². The molecule has 1 aromatic carbocycles. The number of hydrogen-bond donors (Lipinski definition) is 0. The topological polar surface area (TPSA) is 32.8 Å². The van der Waals surface area contributed by atoms with Crippen LogP contribution in [0.3, 0.4) is 0 Å². The molecule has 3 aliphatic heterocycles. The van der Waals surface area contributed by atoms with E-state index in [-0.39, 0.29) is 17.5 Å². The Balaban J connectivity index is 1.38. The second-order valence-electron chi connectivity index (χ2n) is 8.90. The molecule has 4 nitrogen and oxygen atoms in total. The number of rotatable bonds is 2. The monoisotopic (exact) mass is 444 g/mol. The summed E-state index contributed by atoms with van der Waals surface area (Å²) in [5, 5.41) is 0.124. The van der Waals surface area contributed by atoms with E-state index in [9.17, 15) is 18.0 Å². The average Bonchev–Trinajstić information content (AvgIpc) is 2.72. The fourth-order valence-corrected chi connectivity index (χ4v) is 5.31. The van der Waals surface area contributed by atoms with E-state index in [1.807, 2.05) is 0 Å². The lowest BCUT2D eigenvalue weighted by molar-refractivity contribution is -0.150. The van der Waals surface area contributed by atoms with Crippen molar-refractivity contribution in [3.05, 3.63) is 33.8 Å². The van der Waals surface area contributed by atoms with Crippen LogP contribution in [0, 0.1) is 5.92 Å². The maximum absolute atomic E-state index is 13.1. The van der Waals surface area contributed by atoms with E-state index >= 15 is 0 Å². The number of carbonyl (C=O) groups excluding carboxylic acids is 1. The largest absolute Gasteiger partial charge is 0.416 e. The van der Waals surface area contributed by atoms with Crippen molar-refractivity contribution in [2.75, 3.05) is 26.2 Å². The third-order valence-electron chi connectivity index (χ3n) is 6.65. The lowest BCUT2D eigenvalue weighted by Crippen LogP contribution is -2.51. The van der Waals surface area contributed by atoms with Crippen LogP contribution in [-0.4, -0.2) is 54.1 Å². The number of piperidine rings is 1. The Bertz CT molecular complexity index is 793. The molecule has 30 heavy (non-hydrogen) atoms. The van der Waals surface area contributed by atoms with Crippen molar-refractivity contribution < 1.29 is 22.7 Å². The van der Waals surface area contributed by atoms with Gasteiger partial charge in [0, 0.05) is 30.7 Å². The minimum Gasteiger partial charge on any atom is -0.367 e. The van der Waals surface area contributed by atoms with Crippen LogP contribution in [0.2, 0.25) is 5.02 Å². The van der Waals surface area contributed by atoms with Crippen LogP contribution < -0.4 is 0 Å². The lowest BCUT2D eigenvalue weighted by Gasteiger charge is -2.41. The molecule has 3 unspecified atom stereocenters. The summed E-state index contributed by atoms with van der Waals surface area (Å²) in [6.07, 6.45) is -0.473. The summed E-state index contributed by atoms with van der Waals surface area (Å²) in [6, 6.07) is 2.45. The number of benzene rings is 1. The van der Waals surface area contributed by atoms with Gasteiger partial charge in [-0.05, 0) is 67.8 Å². The van der Waals surface area contributed by atoms with Gasteiger partial charge in [0.1, 0.15) is 6.10 Å². The highest BCUT2D eigenvalue weighted by atomic mass is 35.5. The van der Waals surface area contributed by atoms with Crippen molar-refractivity contribution in [1.82, 2.24) is 9.80 Å². The van der Waals surface area contributed by atoms with Crippen molar-refractivity contribution in [2.24, 2.45) is 5.92 Å². The smallest absolute Gasteiger partial charge is 0.367 e. The number of fused-ring (bicyclic) bond motifs is 1. The predicted molar refractivity (Wildman–Crippen MR) is 108 cm³/mol. The predicted octanol–water partition coefficient (Wildman–Crippen LogP) is 4.52. The maximum Gasteiger partial charge on any atom is 0.416 e. The number of amides is 1. The second kappa shape index (κ2) is 8.67. The Morgan fingerprint density at radius 3 is 2.67 bits per heavy atom. The van der Waals surface area contributed by atoms with Crippen LogP contribution in [-0.2, 0) is 28.7 Å². The second-order valence-corrected chi connectivity index (χ2v) is 9.31. The molecule has 0 aliphatic carbocycles. The van der Waals surface area contributed by atoms with Gasteiger partial charge in [-0.15, -0.1) is 0 Å². The summed E-state index contributed by atoms with van der Waals surface area (Å²) in [5.41, 5.74) is 0.413. The molecule has 0 aromatic heterocycles. The molecule has 3 heterocycles. The molecule has 3 aliphatic rings. The highest BCUT2D eigenvalue weighted by Gasteiger charge is 2.36. The van der Waals surface area contributed by atoms with E-state index in [2.05, 4.69) is 11.8 Å². The minimum absolute atomic E-state index is 0.124. The highest BCUT2D eigenvalue weighted by Crippen LogP contribution is 2.36. The molecule has 4 rings (SSSR count). The van der Waals surface area contributed by atoms with Gasteiger partial charge in [-0.3, -0.25) is 9.69 Å². The Morgan fingerprint density at radius 1 is 1.20 bits per heavy atom. The van der Waals surface area contributed by atoms with Crippen molar-refractivity contribution in [1.29, 1.82) is 0 Å². The van der Waals surface area contributed by atoms with E-state index in [1.54, 1.807) is 4.90 Å². The zero-order valence-electron chi connectivity index (χ0n) is 17.2. The molecular formula is C22H28ClF3N2O2. The van der Waals surface area contributed by atoms with E-state index in [4.69, 9.17) is 16.3 Å². The first-order valence-corrected chi connectivity index (χ1v) is 11.1. The number of nitrogens with zero attached hydrogens (tertiary/aromatic N) is 2. The first kappa shape index (κ1) is 21.9. The molecule has 0 saturated carbocycles. The zero-order valence-corrected chi connectivity index (χ0v) is 17.9. The van der Waals surface area contributed by atoms with Crippen LogP contribution in [0.1, 0.15) is 49.3 Å². The molecule has 0 N–H and O–H groups in total. The number of alkyl halides is 3. The number of likely N-dealkylation sites (tertiary alicyclic amines) is 1. The molecule has 1 amide bonds. The van der Waals surface area contributed by atoms with Gasteiger partial charge < -0.3 is 9.64 Å². The maximum atomic E-state index is 13.1. The number of halogens is 4. The first-order chi connectivity index (χ1) is 14.2. The zero-order chi connectivity index (χ0) is 21.5. The molecule has 2 saturated heterocycles. The third kappa shape index (κ3) is 4.63. The van der Waals surface area contributed by atoms with Crippen LogP contribution in [0.15, 0.2) is 12.1 Å². The van der Waals surface area contributed by atoms with Crippen LogP contribution in [0.5, 0.6) is 0 Å². The van der Waals surface area contributed by atoms with Crippen molar-refractivity contribution in [2.45, 2.75) is 63.9 Å². The van der Waals surface area contributed by atoms with E-state index < -0.39 is 17.8 Å². The highest BCUT2D eigenvalue weighted by molar-refractivity contribution is 6.31. The Morgan fingerprint density at radius 2 is 2.00 bits per heavy atom. The minimum atomic E-state index is -4.46. The summed E-state index contributed by atoms with van der Waals surface area (Å²) in [7, 11) is 0. The molecule has 2 fully saturated rings. The normalized spacial score (nSPS) is 28.3. The van der Waals surface area contributed by atoms with Crippen LogP contribution in [0.4, 0.5) is 13.2 Å². The molecule has 1 aromatic rings.